The van der Waals surface area contributed by atoms with Crippen LogP contribution in [0.15, 0.2) is 12.2 Å². The number of carbonyl (C=O) groups is 1. The van der Waals surface area contributed by atoms with Crippen LogP contribution in [0.2, 0.25) is 0 Å². The van der Waals surface area contributed by atoms with Gasteiger partial charge in [-0.15, -0.1) is 0 Å². The van der Waals surface area contributed by atoms with Crippen LogP contribution >= 0.6 is 0 Å². The van der Waals surface area contributed by atoms with Crippen molar-refractivity contribution < 1.29 is 22.9 Å². The van der Waals surface area contributed by atoms with Crippen molar-refractivity contribution >= 4 is 16.1 Å². The fourth-order valence-corrected chi connectivity index (χ4v) is 1.30. The van der Waals surface area contributed by atoms with Crippen LogP contribution in [-0.4, -0.2) is 29.8 Å². The summed E-state index contributed by atoms with van der Waals surface area (Å²) in [4.78, 5) is 10.2. The average Bonchev–Trinajstić information content (AvgIpc) is 1.95. The molecule has 0 aliphatic carbocycles. The van der Waals surface area contributed by atoms with Gasteiger partial charge in [0.15, 0.2) is 0 Å². The number of hydrogen-bond donors (Lipinski definition) is 2. The highest BCUT2D eigenvalue weighted by Gasteiger charge is 2.06. The first-order chi connectivity index (χ1) is 5.83. The highest BCUT2D eigenvalue weighted by molar-refractivity contribution is 7.85. The van der Waals surface area contributed by atoms with Gasteiger partial charge in [0.1, 0.15) is 0 Å². The van der Waals surface area contributed by atoms with Crippen LogP contribution in [0.3, 0.4) is 0 Å². The van der Waals surface area contributed by atoms with E-state index in [4.69, 9.17) is 9.66 Å². The SMILES string of the molecule is C=C(CCCCS(=O)(=O)O)C(=O)O. The maximum absolute atomic E-state index is 10.2. The minimum absolute atomic E-state index is 0.0512. The van der Waals surface area contributed by atoms with Crippen molar-refractivity contribution in [1.82, 2.24) is 0 Å². The number of carboxylic acids is 1. The van der Waals surface area contributed by atoms with Crippen LogP contribution in [0.5, 0.6) is 0 Å². The lowest BCUT2D eigenvalue weighted by molar-refractivity contribution is -0.132. The molecule has 0 aromatic heterocycles. The predicted molar refractivity (Wildman–Crippen MR) is 47.0 cm³/mol. The second-order valence-electron chi connectivity index (χ2n) is 2.65. The number of carboxylic acid groups (broad SMARTS) is 1. The molecule has 6 heteroatoms. The molecular weight excluding hydrogens is 196 g/mol. The van der Waals surface area contributed by atoms with Crippen LogP contribution in [0.4, 0.5) is 0 Å². The molecule has 0 radical (unpaired) electrons. The second-order valence-corrected chi connectivity index (χ2v) is 4.22. The molecule has 2 N–H and O–H groups in total. The van der Waals surface area contributed by atoms with E-state index in [-0.39, 0.29) is 24.2 Å². The zero-order valence-electron chi connectivity index (χ0n) is 7.06. The molecule has 0 spiro atoms. The fourth-order valence-electron chi connectivity index (χ4n) is 0.730. The molecule has 5 nitrogen and oxygen atoms in total. The Balaban J connectivity index is 3.59. The smallest absolute Gasteiger partial charge is 0.330 e. The molecule has 0 atom stereocenters. The Labute approximate surface area is 76.8 Å². The molecule has 0 aromatic rings. The van der Waals surface area contributed by atoms with E-state index in [0.29, 0.717) is 6.42 Å². The van der Waals surface area contributed by atoms with E-state index in [2.05, 4.69) is 6.58 Å². The number of unbranched alkanes of at least 4 members (excludes halogenated alkanes) is 1. The highest BCUT2D eigenvalue weighted by Crippen LogP contribution is 2.05. The van der Waals surface area contributed by atoms with E-state index in [9.17, 15) is 13.2 Å². The summed E-state index contributed by atoms with van der Waals surface area (Å²) >= 11 is 0. The quantitative estimate of drug-likeness (QED) is 0.380. The minimum Gasteiger partial charge on any atom is -0.478 e. The lowest BCUT2D eigenvalue weighted by Gasteiger charge is -1.98. The van der Waals surface area contributed by atoms with Crippen LogP contribution < -0.4 is 0 Å². The van der Waals surface area contributed by atoms with E-state index < -0.39 is 16.1 Å². The van der Waals surface area contributed by atoms with Gasteiger partial charge in [0.25, 0.3) is 10.1 Å². The average molecular weight is 208 g/mol. The largest absolute Gasteiger partial charge is 0.478 e. The molecule has 0 heterocycles. The van der Waals surface area contributed by atoms with Crippen molar-refractivity contribution in [2.75, 3.05) is 5.75 Å². The summed E-state index contributed by atoms with van der Waals surface area (Å²) in [6, 6.07) is 0. The molecule has 13 heavy (non-hydrogen) atoms. The minimum atomic E-state index is -3.92. The summed E-state index contributed by atoms with van der Waals surface area (Å²) in [5.74, 6) is -1.41. The molecule has 0 aromatic carbocycles. The standard InChI is InChI=1S/C7H12O5S/c1-6(7(8)9)4-2-3-5-13(10,11)12/h1-5H2,(H,8,9)(H,10,11,12). The van der Waals surface area contributed by atoms with Gasteiger partial charge in [0.2, 0.25) is 0 Å². The zero-order chi connectivity index (χ0) is 10.5. The van der Waals surface area contributed by atoms with Crippen molar-refractivity contribution in [1.29, 1.82) is 0 Å². The number of hydrogen-bond acceptors (Lipinski definition) is 3. The van der Waals surface area contributed by atoms with Crippen molar-refractivity contribution in [3.8, 4) is 0 Å². The summed E-state index contributed by atoms with van der Waals surface area (Å²) in [5, 5.41) is 8.37. The van der Waals surface area contributed by atoms with E-state index in [1.807, 2.05) is 0 Å². The van der Waals surface area contributed by atoms with Crippen molar-refractivity contribution in [3.63, 3.8) is 0 Å². The zero-order valence-corrected chi connectivity index (χ0v) is 7.88. The van der Waals surface area contributed by atoms with Gasteiger partial charge < -0.3 is 5.11 Å². The summed E-state index contributed by atoms with van der Waals surface area (Å²) < 4.78 is 28.8. The Bertz CT molecular complexity index is 290. The normalized spacial score (nSPS) is 11.2. The van der Waals surface area contributed by atoms with Crippen LogP contribution in [0.25, 0.3) is 0 Å². The first-order valence-electron chi connectivity index (χ1n) is 3.69. The van der Waals surface area contributed by atoms with Crippen LogP contribution in [0.1, 0.15) is 19.3 Å². The number of aliphatic carboxylic acids is 1. The monoisotopic (exact) mass is 208 g/mol. The molecule has 0 bridgehead atoms. The molecule has 0 unspecified atom stereocenters. The molecular formula is C7H12O5S. The van der Waals surface area contributed by atoms with Gasteiger partial charge in [-0.1, -0.05) is 6.58 Å². The first-order valence-corrected chi connectivity index (χ1v) is 5.30. The molecule has 0 saturated carbocycles. The molecule has 76 valence electrons. The Kier molecular flexibility index (Phi) is 4.64. The van der Waals surface area contributed by atoms with Crippen molar-refractivity contribution in [2.24, 2.45) is 0 Å². The molecule has 0 saturated heterocycles. The van der Waals surface area contributed by atoms with Gasteiger partial charge in [-0.25, -0.2) is 4.79 Å². The maximum Gasteiger partial charge on any atom is 0.330 e. The summed E-state index contributed by atoms with van der Waals surface area (Å²) in [5.41, 5.74) is 0.0512. The Morgan fingerprint density at radius 1 is 1.31 bits per heavy atom. The van der Waals surface area contributed by atoms with Crippen molar-refractivity contribution in [3.05, 3.63) is 12.2 Å². The lowest BCUT2D eigenvalue weighted by atomic mass is 10.1. The van der Waals surface area contributed by atoms with Crippen LogP contribution in [0, 0.1) is 0 Å². The predicted octanol–water partition coefficient (Wildman–Crippen LogP) is 0.685. The second kappa shape index (κ2) is 4.98. The third-order valence-corrected chi connectivity index (χ3v) is 2.24. The Morgan fingerprint density at radius 2 is 1.85 bits per heavy atom. The first kappa shape index (κ1) is 12.1. The molecule has 0 aliphatic heterocycles. The molecule has 0 amide bonds. The van der Waals surface area contributed by atoms with Gasteiger partial charge >= 0.3 is 5.97 Å². The highest BCUT2D eigenvalue weighted by atomic mass is 32.2. The third kappa shape index (κ3) is 7.48. The van der Waals surface area contributed by atoms with Crippen molar-refractivity contribution in [2.45, 2.75) is 19.3 Å². The van der Waals surface area contributed by atoms with Gasteiger partial charge in [-0.3, -0.25) is 4.55 Å². The lowest BCUT2D eigenvalue weighted by Crippen LogP contribution is -2.04. The molecule has 0 rings (SSSR count). The van der Waals surface area contributed by atoms with E-state index in [1.54, 1.807) is 0 Å². The van der Waals surface area contributed by atoms with Gasteiger partial charge in [0.05, 0.1) is 5.75 Å². The summed E-state index contributed by atoms with van der Waals surface area (Å²) in [6.45, 7) is 3.28. The fraction of sp³-hybridized carbons (Fsp3) is 0.571. The molecule has 0 fully saturated rings. The maximum atomic E-state index is 10.2. The van der Waals surface area contributed by atoms with Gasteiger partial charge in [-0.2, -0.15) is 8.42 Å². The topological polar surface area (TPSA) is 91.7 Å². The van der Waals surface area contributed by atoms with Gasteiger partial charge in [-0.05, 0) is 19.3 Å². The van der Waals surface area contributed by atoms with E-state index >= 15 is 0 Å². The number of rotatable bonds is 6. The summed E-state index contributed by atoms with van der Waals surface area (Å²) in [7, 11) is -3.92. The summed E-state index contributed by atoms with van der Waals surface area (Å²) in [6.07, 6.45) is 0.876. The van der Waals surface area contributed by atoms with E-state index in [1.165, 1.54) is 0 Å². The van der Waals surface area contributed by atoms with Gasteiger partial charge in [0, 0.05) is 5.57 Å². The van der Waals surface area contributed by atoms with E-state index in [0.717, 1.165) is 0 Å². The Morgan fingerprint density at radius 3 is 2.23 bits per heavy atom. The Hall–Kier alpha value is -0.880. The molecule has 0 aliphatic rings. The van der Waals surface area contributed by atoms with Crippen LogP contribution in [-0.2, 0) is 14.9 Å². The third-order valence-electron chi connectivity index (χ3n) is 1.43.